The summed E-state index contributed by atoms with van der Waals surface area (Å²) in [4.78, 5) is 10.2. The van der Waals surface area contributed by atoms with Gasteiger partial charge in [0.15, 0.2) is 5.82 Å². The maximum absolute atomic E-state index is 5.18. The van der Waals surface area contributed by atoms with Crippen LogP contribution in [0.5, 0.6) is 0 Å². The second-order valence-electron chi connectivity index (χ2n) is 16.1. The zero-order valence-corrected chi connectivity index (χ0v) is 32.2. The molecule has 0 aliphatic heterocycles. The first-order chi connectivity index (χ1) is 28.5. The molecular weight excluding hydrogens is 703 g/mol. The number of benzene rings is 9. The summed E-state index contributed by atoms with van der Waals surface area (Å²) >= 11 is 0. The Morgan fingerprint density at radius 1 is 0.397 bits per heavy atom. The van der Waals surface area contributed by atoms with E-state index < -0.39 is 0 Å². The first-order valence-electron chi connectivity index (χ1n) is 20.1. The summed E-state index contributed by atoms with van der Waals surface area (Å²) in [6, 6.07) is 68.0. The van der Waals surface area contributed by atoms with Crippen molar-refractivity contribution in [3.63, 3.8) is 0 Å². The average molecular weight is 740 g/mol. The van der Waals surface area contributed by atoms with Gasteiger partial charge in [-0.3, -0.25) is 0 Å². The summed E-state index contributed by atoms with van der Waals surface area (Å²) in [7, 11) is 0. The molecule has 0 atom stereocenters. The Balaban J connectivity index is 1.08. The molecule has 0 spiro atoms. The van der Waals surface area contributed by atoms with Crippen molar-refractivity contribution in [3.05, 3.63) is 199 Å². The van der Waals surface area contributed by atoms with Crippen LogP contribution in [0.3, 0.4) is 0 Å². The van der Waals surface area contributed by atoms with Crippen LogP contribution in [-0.2, 0) is 5.41 Å². The van der Waals surface area contributed by atoms with E-state index in [-0.39, 0.29) is 5.41 Å². The maximum Gasteiger partial charge on any atom is 0.160 e. The summed E-state index contributed by atoms with van der Waals surface area (Å²) in [6.07, 6.45) is 0. The number of hydrogen-bond acceptors (Lipinski definition) is 2. The van der Waals surface area contributed by atoms with E-state index >= 15 is 0 Å². The highest BCUT2D eigenvalue weighted by atomic mass is 15.0. The van der Waals surface area contributed by atoms with Gasteiger partial charge in [-0.2, -0.15) is 0 Å². The molecule has 58 heavy (non-hydrogen) atoms. The maximum atomic E-state index is 5.18. The molecule has 2 heterocycles. The van der Waals surface area contributed by atoms with Crippen LogP contribution in [0.15, 0.2) is 188 Å². The Morgan fingerprint density at radius 3 is 1.69 bits per heavy atom. The SMILES string of the molecule is CC1(C)c2cc3c(cc2-c2ccc4c5ccccc5c5ccccc5c4c21)c1ccccc1n3-c1cccc(-c2cc(-c3ccccc3)nc(-c3ccccc3)n2)c1. The van der Waals surface area contributed by atoms with E-state index in [2.05, 4.69) is 182 Å². The Morgan fingerprint density at radius 2 is 0.966 bits per heavy atom. The third-order valence-corrected chi connectivity index (χ3v) is 12.5. The molecular formula is C55H37N3. The van der Waals surface area contributed by atoms with Crippen molar-refractivity contribution >= 4 is 54.1 Å². The molecule has 11 aromatic rings. The molecule has 0 fully saturated rings. The molecule has 0 saturated carbocycles. The van der Waals surface area contributed by atoms with E-state index in [9.17, 15) is 0 Å². The second-order valence-corrected chi connectivity index (χ2v) is 16.1. The normalized spacial score (nSPS) is 13.1. The molecule has 9 aromatic carbocycles. The van der Waals surface area contributed by atoms with Gasteiger partial charge in [0, 0.05) is 38.6 Å². The molecule has 0 amide bonds. The number of nitrogens with zero attached hydrogens (tertiary/aromatic N) is 3. The lowest BCUT2D eigenvalue weighted by Gasteiger charge is -2.25. The zero-order valence-electron chi connectivity index (χ0n) is 32.2. The number of aromatic nitrogens is 3. The van der Waals surface area contributed by atoms with E-state index in [0.29, 0.717) is 5.82 Å². The topological polar surface area (TPSA) is 30.7 Å². The highest BCUT2D eigenvalue weighted by Crippen LogP contribution is 2.55. The number of rotatable bonds is 4. The number of para-hydroxylation sites is 1. The first kappa shape index (κ1) is 32.8. The van der Waals surface area contributed by atoms with E-state index in [1.54, 1.807) is 0 Å². The van der Waals surface area contributed by atoms with Crippen molar-refractivity contribution in [2.75, 3.05) is 0 Å². The largest absolute Gasteiger partial charge is 0.309 e. The highest BCUT2D eigenvalue weighted by Gasteiger charge is 2.38. The van der Waals surface area contributed by atoms with Gasteiger partial charge in [0.05, 0.1) is 22.4 Å². The molecule has 1 aliphatic rings. The van der Waals surface area contributed by atoms with Crippen molar-refractivity contribution in [2.24, 2.45) is 0 Å². The van der Waals surface area contributed by atoms with Gasteiger partial charge in [-0.15, -0.1) is 0 Å². The standard InChI is InChI=1S/C55H37N3/c1-55(2)47-32-51-46(31-45(47)44-29-28-43-40-24-10-9-22-38(40)39-23-11-12-26-42(39)52(43)53(44)55)41-25-13-14-27-50(41)58(51)37-21-15-20-36(30-37)49-33-48(34-16-5-3-6-17-34)56-54(57-49)35-18-7-4-8-19-35/h3-33H,1-2H3. The van der Waals surface area contributed by atoms with E-state index in [1.807, 2.05) is 24.3 Å². The van der Waals surface area contributed by atoms with Gasteiger partial charge >= 0.3 is 0 Å². The summed E-state index contributed by atoms with van der Waals surface area (Å²) in [5.74, 6) is 0.713. The molecule has 0 unspecified atom stereocenters. The molecule has 0 bridgehead atoms. The van der Waals surface area contributed by atoms with E-state index in [1.165, 1.54) is 76.4 Å². The number of fused-ring (bicyclic) bond motifs is 13. The van der Waals surface area contributed by atoms with Crippen LogP contribution in [0, 0.1) is 0 Å². The minimum atomic E-state index is -0.241. The minimum absolute atomic E-state index is 0.241. The van der Waals surface area contributed by atoms with Gasteiger partial charge in [-0.1, -0.05) is 166 Å². The summed E-state index contributed by atoms with van der Waals surface area (Å²) in [5, 5.41) is 10.4. The highest BCUT2D eigenvalue weighted by molar-refractivity contribution is 6.27. The molecule has 0 N–H and O–H groups in total. The lowest BCUT2D eigenvalue weighted by molar-refractivity contribution is 0.667. The van der Waals surface area contributed by atoms with Gasteiger partial charge in [0.2, 0.25) is 0 Å². The first-order valence-corrected chi connectivity index (χ1v) is 20.1. The van der Waals surface area contributed by atoms with E-state index in [0.717, 1.165) is 33.8 Å². The summed E-state index contributed by atoms with van der Waals surface area (Å²) in [6.45, 7) is 4.84. The van der Waals surface area contributed by atoms with Crippen LogP contribution in [0.4, 0.5) is 0 Å². The molecule has 2 aromatic heterocycles. The van der Waals surface area contributed by atoms with Gasteiger partial charge in [-0.05, 0) is 91.0 Å². The van der Waals surface area contributed by atoms with Crippen molar-refractivity contribution in [1.29, 1.82) is 0 Å². The van der Waals surface area contributed by atoms with Crippen molar-refractivity contribution < 1.29 is 0 Å². The van der Waals surface area contributed by atoms with E-state index in [4.69, 9.17) is 9.97 Å². The lowest BCUT2D eigenvalue weighted by atomic mass is 9.78. The summed E-state index contributed by atoms with van der Waals surface area (Å²) in [5.41, 5.74) is 13.6. The molecule has 12 rings (SSSR count). The summed E-state index contributed by atoms with van der Waals surface area (Å²) < 4.78 is 2.45. The molecule has 272 valence electrons. The number of hydrogen-bond donors (Lipinski definition) is 0. The average Bonchev–Trinajstić information content (AvgIpc) is 3.73. The Hall–Kier alpha value is -7.36. The zero-order chi connectivity index (χ0) is 38.5. The second kappa shape index (κ2) is 12.3. The monoisotopic (exact) mass is 739 g/mol. The predicted octanol–water partition coefficient (Wildman–Crippen LogP) is 14.3. The van der Waals surface area contributed by atoms with Gasteiger partial charge in [0.25, 0.3) is 0 Å². The van der Waals surface area contributed by atoms with Gasteiger partial charge in [0.1, 0.15) is 0 Å². The van der Waals surface area contributed by atoms with Crippen LogP contribution < -0.4 is 0 Å². The van der Waals surface area contributed by atoms with Crippen LogP contribution in [0.1, 0.15) is 25.0 Å². The Kier molecular flexibility index (Phi) is 6.98. The van der Waals surface area contributed by atoms with Crippen molar-refractivity contribution in [3.8, 4) is 50.7 Å². The molecule has 3 heteroatoms. The van der Waals surface area contributed by atoms with Crippen molar-refractivity contribution in [2.45, 2.75) is 19.3 Å². The van der Waals surface area contributed by atoms with Crippen LogP contribution in [-0.4, -0.2) is 14.5 Å². The smallest absolute Gasteiger partial charge is 0.160 e. The quantitative estimate of drug-likeness (QED) is 0.168. The predicted molar refractivity (Wildman–Crippen MR) is 243 cm³/mol. The van der Waals surface area contributed by atoms with Gasteiger partial charge < -0.3 is 4.57 Å². The third kappa shape index (κ3) is 4.74. The van der Waals surface area contributed by atoms with Crippen LogP contribution >= 0.6 is 0 Å². The third-order valence-electron chi connectivity index (χ3n) is 12.5. The van der Waals surface area contributed by atoms with Crippen molar-refractivity contribution in [1.82, 2.24) is 14.5 Å². The fourth-order valence-electron chi connectivity index (χ4n) is 9.91. The van der Waals surface area contributed by atoms with Crippen LogP contribution in [0.25, 0.3) is 105 Å². The fraction of sp³-hybridized carbons (Fsp3) is 0.0545. The minimum Gasteiger partial charge on any atom is -0.309 e. The fourth-order valence-corrected chi connectivity index (χ4v) is 9.91. The Bertz CT molecular complexity index is 3370. The molecule has 0 radical (unpaired) electrons. The molecule has 0 saturated heterocycles. The lowest BCUT2D eigenvalue weighted by Crippen LogP contribution is -2.16. The Labute approximate surface area is 336 Å². The van der Waals surface area contributed by atoms with Crippen LogP contribution in [0.2, 0.25) is 0 Å². The van der Waals surface area contributed by atoms with Gasteiger partial charge in [-0.25, -0.2) is 9.97 Å². The molecule has 1 aliphatic carbocycles. The molecule has 3 nitrogen and oxygen atoms in total.